The molecule has 0 amide bonds. The Morgan fingerprint density at radius 2 is 2.00 bits per heavy atom. The van der Waals surface area contributed by atoms with E-state index in [1.807, 2.05) is 6.92 Å². The summed E-state index contributed by atoms with van der Waals surface area (Å²) in [4.78, 5) is 11.1. The van der Waals surface area contributed by atoms with Crippen LogP contribution in [0.25, 0.3) is 0 Å². The van der Waals surface area contributed by atoms with Gasteiger partial charge in [-0.25, -0.2) is 17.9 Å². The van der Waals surface area contributed by atoms with Gasteiger partial charge in [0.15, 0.2) is 0 Å². The molecule has 0 aliphatic rings. The molecule has 0 aromatic heterocycles. The summed E-state index contributed by atoms with van der Waals surface area (Å²) < 4.78 is 32.0. The minimum Gasteiger partial charge on any atom is -0.478 e. The van der Waals surface area contributed by atoms with Crippen LogP contribution >= 0.6 is 0 Å². The Balaban J connectivity index is 3.09. The van der Waals surface area contributed by atoms with Gasteiger partial charge in [-0.1, -0.05) is 13.0 Å². The molecule has 1 aromatic carbocycles. The number of rotatable bonds is 7. The van der Waals surface area contributed by atoms with E-state index in [1.165, 1.54) is 25.3 Å². The lowest BCUT2D eigenvalue weighted by Crippen LogP contribution is -2.39. The fourth-order valence-corrected chi connectivity index (χ4v) is 2.88. The van der Waals surface area contributed by atoms with Crippen molar-refractivity contribution in [3.8, 4) is 0 Å². The molecule has 2 N–H and O–H groups in total. The van der Waals surface area contributed by atoms with Crippen molar-refractivity contribution >= 4 is 16.0 Å². The van der Waals surface area contributed by atoms with Crippen LogP contribution in [0.15, 0.2) is 23.1 Å². The normalized spacial score (nSPS) is 12.4. The molecular formula is C14H21NO5S. The molecule has 7 heteroatoms. The van der Waals surface area contributed by atoms with Crippen LogP contribution in [0, 0.1) is 0 Å². The van der Waals surface area contributed by atoms with Gasteiger partial charge in [-0.2, -0.15) is 0 Å². The van der Waals surface area contributed by atoms with Crippen molar-refractivity contribution in [3.63, 3.8) is 0 Å². The van der Waals surface area contributed by atoms with Gasteiger partial charge in [0, 0.05) is 13.7 Å². The van der Waals surface area contributed by atoms with Gasteiger partial charge in [-0.15, -0.1) is 0 Å². The van der Waals surface area contributed by atoms with Crippen molar-refractivity contribution in [1.29, 1.82) is 0 Å². The summed E-state index contributed by atoms with van der Waals surface area (Å²) in [5, 5.41) is 9.15. The molecule has 6 nitrogen and oxygen atoms in total. The van der Waals surface area contributed by atoms with Gasteiger partial charge in [0.1, 0.15) is 0 Å². The molecule has 0 bridgehead atoms. The van der Waals surface area contributed by atoms with Crippen molar-refractivity contribution in [2.45, 2.75) is 37.7 Å². The number of carbonyl (C=O) groups is 1. The highest BCUT2D eigenvalue weighted by molar-refractivity contribution is 7.89. The largest absolute Gasteiger partial charge is 0.478 e. The summed E-state index contributed by atoms with van der Waals surface area (Å²) in [5.41, 5.74) is -0.0449. The zero-order chi connectivity index (χ0) is 16.3. The fourth-order valence-electron chi connectivity index (χ4n) is 1.65. The van der Waals surface area contributed by atoms with Crippen LogP contribution in [0.2, 0.25) is 0 Å². The zero-order valence-corrected chi connectivity index (χ0v) is 13.5. The number of ether oxygens (including phenoxy) is 1. The van der Waals surface area contributed by atoms with Crippen LogP contribution in [-0.2, 0) is 21.2 Å². The summed E-state index contributed by atoms with van der Waals surface area (Å²) >= 11 is 0. The standard InChI is InChI=1S/C14H21NO5S/c1-5-10-6-7-11(8-12(10)13(16)17)21(18,19)15-9-14(2,3)20-4/h6-8,15H,5,9H2,1-4H3,(H,16,17). The first-order valence-corrected chi connectivity index (χ1v) is 8.02. The quantitative estimate of drug-likeness (QED) is 0.798. The van der Waals surface area contributed by atoms with Crippen LogP contribution in [-0.4, -0.2) is 38.7 Å². The molecule has 1 aromatic rings. The third kappa shape index (κ3) is 4.52. The number of hydrogen-bond acceptors (Lipinski definition) is 4. The summed E-state index contributed by atoms with van der Waals surface area (Å²) in [6.45, 7) is 5.40. The highest BCUT2D eigenvalue weighted by Crippen LogP contribution is 2.17. The van der Waals surface area contributed by atoms with E-state index in [4.69, 9.17) is 9.84 Å². The van der Waals surface area contributed by atoms with Crippen molar-refractivity contribution in [2.24, 2.45) is 0 Å². The highest BCUT2D eigenvalue weighted by Gasteiger charge is 2.23. The van der Waals surface area contributed by atoms with Crippen molar-refractivity contribution in [2.75, 3.05) is 13.7 Å². The summed E-state index contributed by atoms with van der Waals surface area (Å²) in [6, 6.07) is 4.12. The van der Waals surface area contributed by atoms with Gasteiger partial charge in [-0.3, -0.25) is 0 Å². The number of nitrogens with one attached hydrogen (secondary N) is 1. The monoisotopic (exact) mass is 315 g/mol. The first-order chi connectivity index (χ1) is 9.63. The third-order valence-electron chi connectivity index (χ3n) is 3.24. The molecule has 0 aliphatic heterocycles. The first-order valence-electron chi connectivity index (χ1n) is 6.54. The molecule has 0 heterocycles. The lowest BCUT2D eigenvalue weighted by Gasteiger charge is -2.23. The lowest BCUT2D eigenvalue weighted by atomic mass is 10.1. The topological polar surface area (TPSA) is 92.7 Å². The zero-order valence-electron chi connectivity index (χ0n) is 12.6. The number of aromatic carboxylic acids is 1. The average Bonchev–Trinajstić information content (AvgIpc) is 2.44. The predicted octanol–water partition coefficient (Wildman–Crippen LogP) is 1.65. The van der Waals surface area contributed by atoms with Crippen molar-refractivity contribution in [1.82, 2.24) is 4.72 Å². The average molecular weight is 315 g/mol. The molecule has 0 unspecified atom stereocenters. The maximum atomic E-state index is 12.2. The molecule has 0 fully saturated rings. The second-order valence-electron chi connectivity index (χ2n) is 5.27. The minimum atomic E-state index is -3.78. The molecule has 0 spiro atoms. The Labute approximate surface area is 125 Å². The van der Waals surface area contributed by atoms with Gasteiger partial charge < -0.3 is 9.84 Å². The van der Waals surface area contributed by atoms with Crippen LogP contribution in [0.1, 0.15) is 36.7 Å². The maximum Gasteiger partial charge on any atom is 0.336 e. The van der Waals surface area contributed by atoms with Crippen molar-refractivity contribution in [3.05, 3.63) is 29.3 Å². The van der Waals surface area contributed by atoms with Gasteiger partial charge in [0.05, 0.1) is 16.1 Å². The van der Waals surface area contributed by atoms with Crippen LogP contribution in [0.5, 0.6) is 0 Å². The Morgan fingerprint density at radius 1 is 1.38 bits per heavy atom. The van der Waals surface area contributed by atoms with E-state index < -0.39 is 21.6 Å². The summed E-state index contributed by atoms with van der Waals surface area (Å²) in [6.07, 6.45) is 0.520. The van der Waals surface area contributed by atoms with E-state index in [0.717, 1.165) is 0 Å². The predicted molar refractivity (Wildman–Crippen MR) is 79.1 cm³/mol. The van der Waals surface area contributed by atoms with Gasteiger partial charge >= 0.3 is 5.97 Å². The molecule has 0 saturated heterocycles. The smallest absolute Gasteiger partial charge is 0.336 e. The number of methoxy groups -OCH3 is 1. The summed E-state index contributed by atoms with van der Waals surface area (Å²) in [5.74, 6) is -1.14. The summed E-state index contributed by atoms with van der Waals surface area (Å²) in [7, 11) is -2.28. The van der Waals surface area contributed by atoms with E-state index in [-0.39, 0.29) is 17.0 Å². The van der Waals surface area contributed by atoms with E-state index in [9.17, 15) is 13.2 Å². The van der Waals surface area contributed by atoms with E-state index in [0.29, 0.717) is 12.0 Å². The highest BCUT2D eigenvalue weighted by atomic mass is 32.2. The second-order valence-corrected chi connectivity index (χ2v) is 7.03. The third-order valence-corrected chi connectivity index (χ3v) is 4.64. The van der Waals surface area contributed by atoms with Gasteiger partial charge in [0.2, 0.25) is 10.0 Å². The van der Waals surface area contributed by atoms with Crippen molar-refractivity contribution < 1.29 is 23.1 Å². The number of sulfonamides is 1. The number of benzene rings is 1. The van der Waals surface area contributed by atoms with E-state index in [2.05, 4.69) is 4.72 Å². The lowest BCUT2D eigenvalue weighted by molar-refractivity contribution is 0.0276. The Kier molecular flexibility index (Phi) is 5.49. The van der Waals surface area contributed by atoms with Gasteiger partial charge in [-0.05, 0) is 38.0 Å². The number of carboxylic acids is 1. The number of aryl methyl sites for hydroxylation is 1. The fraction of sp³-hybridized carbons (Fsp3) is 0.500. The molecule has 1 rings (SSSR count). The molecule has 118 valence electrons. The van der Waals surface area contributed by atoms with Crippen LogP contribution in [0.3, 0.4) is 0 Å². The molecular weight excluding hydrogens is 294 g/mol. The number of carboxylic acid groups (broad SMARTS) is 1. The Morgan fingerprint density at radius 3 is 2.48 bits per heavy atom. The van der Waals surface area contributed by atoms with E-state index in [1.54, 1.807) is 13.8 Å². The van der Waals surface area contributed by atoms with Gasteiger partial charge in [0.25, 0.3) is 0 Å². The van der Waals surface area contributed by atoms with Crippen LogP contribution < -0.4 is 4.72 Å². The molecule has 0 aliphatic carbocycles. The second kappa shape index (κ2) is 6.55. The van der Waals surface area contributed by atoms with Crippen LogP contribution in [0.4, 0.5) is 0 Å². The molecule has 0 radical (unpaired) electrons. The maximum absolute atomic E-state index is 12.2. The Bertz CT molecular complexity index is 622. The number of hydrogen-bond donors (Lipinski definition) is 2. The Hall–Kier alpha value is -1.44. The molecule has 21 heavy (non-hydrogen) atoms. The first kappa shape index (κ1) is 17.6. The molecule has 0 saturated carbocycles. The SMILES string of the molecule is CCc1ccc(S(=O)(=O)NCC(C)(C)OC)cc1C(=O)O. The molecule has 0 atom stereocenters. The van der Waals surface area contributed by atoms with E-state index >= 15 is 0 Å². The minimum absolute atomic E-state index is 0.00590.